The molecule has 1 amide bonds. The van der Waals surface area contributed by atoms with E-state index in [1.807, 2.05) is 30.3 Å². The average molecular weight is 360 g/mol. The van der Waals surface area contributed by atoms with Gasteiger partial charge in [0.15, 0.2) is 17.2 Å². The summed E-state index contributed by atoms with van der Waals surface area (Å²) in [5.41, 5.74) is 0.0859. The van der Waals surface area contributed by atoms with Crippen LogP contribution >= 0.6 is 0 Å². The van der Waals surface area contributed by atoms with Gasteiger partial charge in [-0.1, -0.05) is 36.4 Å². The summed E-state index contributed by atoms with van der Waals surface area (Å²) in [6.07, 6.45) is 1.03. The Hall–Kier alpha value is -2.31. The molecule has 1 fully saturated rings. The number of benzene rings is 2. The van der Waals surface area contributed by atoms with Crippen molar-refractivity contribution in [1.29, 1.82) is 0 Å². The number of rotatable bonds is 6. The smallest absolute Gasteiger partial charge is 0.256 e. The zero-order valence-corrected chi connectivity index (χ0v) is 14.4. The monoisotopic (exact) mass is 360 g/mol. The zero-order chi connectivity index (χ0) is 18.6. The second-order valence-corrected chi connectivity index (χ2v) is 6.70. The Balaban J connectivity index is 1.61. The number of carbonyl (C=O) groups excluding carboxylic acids is 1. The summed E-state index contributed by atoms with van der Waals surface area (Å²) in [6.45, 7) is 1.34. The molecule has 3 rings (SSSR count). The number of likely N-dealkylation sites (tertiary alicyclic amines) is 1. The van der Waals surface area contributed by atoms with Crippen LogP contribution in [0.5, 0.6) is 0 Å². The molecule has 26 heavy (non-hydrogen) atoms. The first-order chi connectivity index (χ1) is 12.5. The number of hydrogen-bond acceptors (Lipinski definition) is 3. The van der Waals surface area contributed by atoms with Crippen LogP contribution in [0.25, 0.3) is 0 Å². The molecular formula is C20H22F2N2O2. The minimum Gasteiger partial charge on any atom is -0.379 e. The summed E-state index contributed by atoms with van der Waals surface area (Å²) in [5, 5.41) is 13.9. The van der Waals surface area contributed by atoms with Crippen molar-refractivity contribution in [2.24, 2.45) is 0 Å². The molecule has 1 aliphatic rings. The van der Waals surface area contributed by atoms with Gasteiger partial charge in [-0.25, -0.2) is 8.78 Å². The van der Waals surface area contributed by atoms with Gasteiger partial charge in [0.1, 0.15) is 0 Å². The van der Waals surface area contributed by atoms with Crippen molar-refractivity contribution in [3.8, 4) is 0 Å². The van der Waals surface area contributed by atoms with Gasteiger partial charge in [0.2, 0.25) is 0 Å². The highest BCUT2D eigenvalue weighted by molar-refractivity contribution is 5.86. The molecule has 0 bridgehead atoms. The Labute approximate surface area is 151 Å². The predicted molar refractivity (Wildman–Crippen MR) is 94.1 cm³/mol. The van der Waals surface area contributed by atoms with Crippen LogP contribution in [0.4, 0.5) is 8.78 Å². The molecule has 2 aromatic rings. The second-order valence-electron chi connectivity index (χ2n) is 6.70. The Bertz CT molecular complexity index is 770. The first-order valence-corrected chi connectivity index (χ1v) is 8.68. The van der Waals surface area contributed by atoms with Crippen LogP contribution in [0.3, 0.4) is 0 Å². The van der Waals surface area contributed by atoms with E-state index in [2.05, 4.69) is 5.32 Å². The van der Waals surface area contributed by atoms with Crippen molar-refractivity contribution in [2.75, 3.05) is 13.1 Å². The molecule has 1 heterocycles. The van der Waals surface area contributed by atoms with Crippen molar-refractivity contribution >= 4 is 5.91 Å². The van der Waals surface area contributed by atoms with Crippen LogP contribution in [-0.2, 0) is 17.9 Å². The second kappa shape index (κ2) is 7.93. The number of piperidine rings is 1. The molecule has 1 saturated heterocycles. The van der Waals surface area contributed by atoms with Gasteiger partial charge >= 0.3 is 0 Å². The average Bonchev–Trinajstić information content (AvgIpc) is 2.63. The number of halogens is 2. The van der Waals surface area contributed by atoms with Gasteiger partial charge in [0, 0.05) is 26.2 Å². The summed E-state index contributed by atoms with van der Waals surface area (Å²) >= 11 is 0. The van der Waals surface area contributed by atoms with Crippen molar-refractivity contribution in [2.45, 2.75) is 31.5 Å². The Morgan fingerprint density at radius 2 is 1.85 bits per heavy atom. The van der Waals surface area contributed by atoms with Crippen LogP contribution in [0.1, 0.15) is 24.0 Å². The molecule has 1 aliphatic heterocycles. The maximum Gasteiger partial charge on any atom is 0.256 e. The Kier molecular flexibility index (Phi) is 5.64. The lowest BCUT2D eigenvalue weighted by Crippen LogP contribution is -2.57. The molecule has 0 spiro atoms. The summed E-state index contributed by atoms with van der Waals surface area (Å²) in [6, 6.07) is 13.3. The molecule has 0 saturated carbocycles. The quantitative estimate of drug-likeness (QED) is 0.833. The van der Waals surface area contributed by atoms with Crippen molar-refractivity contribution in [3.63, 3.8) is 0 Å². The van der Waals surface area contributed by atoms with E-state index in [0.29, 0.717) is 31.5 Å². The molecule has 2 aromatic carbocycles. The highest BCUT2D eigenvalue weighted by Gasteiger charge is 2.41. The van der Waals surface area contributed by atoms with Crippen molar-refractivity contribution in [1.82, 2.24) is 10.2 Å². The van der Waals surface area contributed by atoms with Gasteiger partial charge < -0.3 is 15.3 Å². The van der Waals surface area contributed by atoms with Crippen LogP contribution in [0.2, 0.25) is 0 Å². The van der Waals surface area contributed by atoms with Gasteiger partial charge in [-0.2, -0.15) is 0 Å². The summed E-state index contributed by atoms with van der Waals surface area (Å²) in [5.74, 6) is -2.24. The summed E-state index contributed by atoms with van der Waals surface area (Å²) in [7, 11) is 0. The fraction of sp³-hybridized carbons (Fsp3) is 0.350. The summed E-state index contributed by atoms with van der Waals surface area (Å²) < 4.78 is 26.4. The van der Waals surface area contributed by atoms with E-state index in [1.54, 1.807) is 0 Å². The molecule has 138 valence electrons. The molecule has 6 heteroatoms. The largest absolute Gasteiger partial charge is 0.379 e. The van der Waals surface area contributed by atoms with Gasteiger partial charge in [-0.05, 0) is 36.1 Å². The van der Waals surface area contributed by atoms with E-state index in [4.69, 9.17) is 0 Å². The molecule has 0 radical (unpaired) electrons. The minimum atomic E-state index is -1.48. The molecular weight excluding hydrogens is 338 g/mol. The number of amides is 1. The van der Waals surface area contributed by atoms with E-state index in [1.165, 1.54) is 11.0 Å². The lowest BCUT2D eigenvalue weighted by atomic mass is 9.91. The lowest BCUT2D eigenvalue weighted by Gasteiger charge is -2.38. The number of nitrogens with zero attached hydrogens (tertiary/aromatic N) is 1. The van der Waals surface area contributed by atoms with Gasteiger partial charge in [0.05, 0.1) is 0 Å². The summed E-state index contributed by atoms with van der Waals surface area (Å²) in [4.78, 5) is 14.2. The van der Waals surface area contributed by atoms with Crippen LogP contribution < -0.4 is 5.32 Å². The molecule has 0 aliphatic carbocycles. The van der Waals surface area contributed by atoms with Crippen LogP contribution in [-0.4, -0.2) is 34.6 Å². The minimum absolute atomic E-state index is 0.148. The number of aliphatic hydroxyl groups is 1. The molecule has 4 nitrogen and oxygen atoms in total. The van der Waals surface area contributed by atoms with Crippen molar-refractivity contribution in [3.05, 3.63) is 71.3 Å². The maximum absolute atomic E-state index is 13.4. The number of carbonyl (C=O) groups is 1. The van der Waals surface area contributed by atoms with Crippen LogP contribution in [0, 0.1) is 11.6 Å². The topological polar surface area (TPSA) is 52.6 Å². The Morgan fingerprint density at radius 3 is 2.58 bits per heavy atom. The molecule has 0 aromatic heterocycles. The third-order valence-corrected chi connectivity index (χ3v) is 4.65. The van der Waals surface area contributed by atoms with Crippen molar-refractivity contribution < 1.29 is 18.7 Å². The van der Waals surface area contributed by atoms with Gasteiger partial charge in [-0.15, -0.1) is 0 Å². The van der Waals surface area contributed by atoms with E-state index >= 15 is 0 Å². The fourth-order valence-corrected chi connectivity index (χ4v) is 3.25. The lowest BCUT2D eigenvalue weighted by molar-refractivity contribution is -0.157. The molecule has 2 N–H and O–H groups in total. The van der Waals surface area contributed by atoms with E-state index < -0.39 is 17.2 Å². The fourth-order valence-electron chi connectivity index (χ4n) is 3.25. The standard InChI is InChI=1S/C20H22F2N2O2/c21-17-8-7-16(11-18(17)22)13-24-10-4-9-20(26,19(24)25)14-23-12-15-5-2-1-3-6-15/h1-3,5-8,11,23,26H,4,9-10,12-14H2. The third-order valence-electron chi connectivity index (χ3n) is 4.65. The highest BCUT2D eigenvalue weighted by Crippen LogP contribution is 2.24. The number of hydrogen-bond donors (Lipinski definition) is 2. The van der Waals surface area contributed by atoms with E-state index in [0.717, 1.165) is 17.7 Å². The van der Waals surface area contributed by atoms with E-state index in [9.17, 15) is 18.7 Å². The zero-order valence-electron chi connectivity index (χ0n) is 14.4. The third kappa shape index (κ3) is 4.26. The van der Waals surface area contributed by atoms with E-state index in [-0.39, 0.29) is 19.0 Å². The van der Waals surface area contributed by atoms with Crippen LogP contribution in [0.15, 0.2) is 48.5 Å². The molecule has 1 atom stereocenters. The maximum atomic E-state index is 13.4. The van der Waals surface area contributed by atoms with Gasteiger partial charge in [0.25, 0.3) is 5.91 Å². The first-order valence-electron chi connectivity index (χ1n) is 8.68. The normalized spacial score (nSPS) is 20.4. The predicted octanol–water partition coefficient (Wildman–Crippen LogP) is 2.61. The SMILES string of the molecule is O=C1N(Cc2ccc(F)c(F)c2)CCCC1(O)CNCc1ccccc1. The number of nitrogens with one attached hydrogen (secondary N) is 1. The molecule has 1 unspecified atom stereocenters. The van der Waals surface area contributed by atoms with Gasteiger partial charge in [-0.3, -0.25) is 4.79 Å². The Morgan fingerprint density at radius 1 is 1.08 bits per heavy atom. The highest BCUT2D eigenvalue weighted by atomic mass is 19.2. The first kappa shape index (κ1) is 18.5.